The van der Waals surface area contributed by atoms with Gasteiger partial charge in [0, 0.05) is 55.3 Å². The van der Waals surface area contributed by atoms with Gasteiger partial charge in [0.05, 0.1) is 18.3 Å². The van der Waals surface area contributed by atoms with E-state index in [0.29, 0.717) is 12.4 Å². The molecule has 4 rings (SSSR count). The van der Waals surface area contributed by atoms with Gasteiger partial charge >= 0.3 is 0 Å². The van der Waals surface area contributed by atoms with Gasteiger partial charge in [-0.2, -0.15) is 10.1 Å². The van der Waals surface area contributed by atoms with E-state index in [1.165, 1.54) is 0 Å². The molecule has 0 unspecified atom stereocenters. The number of anilines is 2. The third kappa shape index (κ3) is 5.44. The van der Waals surface area contributed by atoms with E-state index in [9.17, 15) is 9.59 Å². The first kappa shape index (κ1) is 23.5. The number of aromatic amines is 1. The van der Waals surface area contributed by atoms with Crippen molar-refractivity contribution < 1.29 is 9.59 Å². The van der Waals surface area contributed by atoms with Gasteiger partial charge in [-0.05, 0) is 18.8 Å². The number of piperidine rings is 1. The zero-order valence-corrected chi connectivity index (χ0v) is 19.9. The lowest BCUT2D eigenvalue weighted by Gasteiger charge is -2.34. The second kappa shape index (κ2) is 10.5. The van der Waals surface area contributed by atoms with E-state index in [4.69, 9.17) is 4.98 Å². The van der Waals surface area contributed by atoms with Crippen LogP contribution in [0.4, 0.5) is 11.8 Å². The van der Waals surface area contributed by atoms with E-state index in [2.05, 4.69) is 36.0 Å². The topological polar surface area (TPSA) is 128 Å². The van der Waals surface area contributed by atoms with Crippen LogP contribution in [0.1, 0.15) is 33.1 Å². The third-order valence-electron chi connectivity index (χ3n) is 5.96. The Balaban J connectivity index is 1.43. The number of carbonyl (C=O) groups is 2. The minimum absolute atomic E-state index is 0.0154. The Kier molecular flexibility index (Phi) is 7.24. The van der Waals surface area contributed by atoms with E-state index in [1.54, 1.807) is 13.2 Å². The number of nitrogens with zero attached hydrogens (tertiary/aromatic N) is 4. The predicted molar refractivity (Wildman–Crippen MR) is 133 cm³/mol. The molecule has 1 saturated heterocycles. The van der Waals surface area contributed by atoms with Crippen LogP contribution in [0, 0.1) is 5.92 Å². The maximum Gasteiger partial charge on any atom is 0.239 e. The molecular weight excluding hydrogens is 432 g/mol. The Morgan fingerprint density at radius 2 is 1.94 bits per heavy atom. The fourth-order valence-electron chi connectivity index (χ4n) is 4.25. The highest BCUT2D eigenvalue weighted by Crippen LogP contribution is 2.34. The van der Waals surface area contributed by atoms with Gasteiger partial charge in [0.2, 0.25) is 17.8 Å². The van der Waals surface area contributed by atoms with Crippen molar-refractivity contribution in [1.29, 1.82) is 0 Å². The SMILES string of the molecule is CNc1ncc(-c2cccc3cn[nH]c23)c(N2CCC(NC(=O)CNC(=O)CC(C)C)CC2)n1. The van der Waals surface area contributed by atoms with Crippen LogP contribution >= 0.6 is 0 Å². The molecule has 34 heavy (non-hydrogen) atoms. The van der Waals surface area contributed by atoms with Crippen LogP contribution in [-0.4, -0.2) is 64.7 Å². The fraction of sp³-hybridized carbons (Fsp3) is 0.458. The lowest BCUT2D eigenvalue weighted by atomic mass is 10.0. The molecule has 1 aliphatic heterocycles. The normalized spacial score (nSPS) is 14.4. The van der Waals surface area contributed by atoms with Crippen LogP contribution in [0.15, 0.2) is 30.6 Å². The fourth-order valence-corrected chi connectivity index (χ4v) is 4.25. The molecule has 10 nitrogen and oxygen atoms in total. The van der Waals surface area contributed by atoms with Crippen LogP contribution in [0.25, 0.3) is 22.0 Å². The average molecular weight is 465 g/mol. The molecule has 1 aliphatic rings. The number of amides is 2. The van der Waals surface area contributed by atoms with Crippen LogP contribution in [0.2, 0.25) is 0 Å². The summed E-state index contributed by atoms with van der Waals surface area (Å²) in [4.78, 5) is 35.6. The first-order valence-electron chi connectivity index (χ1n) is 11.7. The summed E-state index contributed by atoms with van der Waals surface area (Å²) in [6.07, 6.45) is 5.66. The monoisotopic (exact) mass is 464 g/mol. The van der Waals surface area contributed by atoms with Crippen LogP contribution in [0.5, 0.6) is 0 Å². The molecule has 4 N–H and O–H groups in total. The highest BCUT2D eigenvalue weighted by molar-refractivity contribution is 5.96. The number of carbonyl (C=O) groups excluding carboxylic acids is 2. The van der Waals surface area contributed by atoms with E-state index < -0.39 is 0 Å². The zero-order chi connectivity index (χ0) is 24.1. The summed E-state index contributed by atoms with van der Waals surface area (Å²) in [7, 11) is 1.80. The molecule has 10 heteroatoms. The molecule has 3 aromatic rings. The molecule has 0 radical (unpaired) electrons. The molecule has 0 bridgehead atoms. The quantitative estimate of drug-likeness (QED) is 0.403. The van der Waals surface area contributed by atoms with Gasteiger partial charge in [-0.1, -0.05) is 32.0 Å². The summed E-state index contributed by atoms with van der Waals surface area (Å²) >= 11 is 0. The van der Waals surface area contributed by atoms with E-state index in [-0.39, 0.29) is 30.3 Å². The molecule has 1 fully saturated rings. The first-order chi connectivity index (χ1) is 16.4. The zero-order valence-electron chi connectivity index (χ0n) is 19.9. The molecule has 3 heterocycles. The van der Waals surface area contributed by atoms with E-state index in [0.717, 1.165) is 53.8 Å². The van der Waals surface area contributed by atoms with Gasteiger partial charge < -0.3 is 20.9 Å². The number of aromatic nitrogens is 4. The number of nitrogens with one attached hydrogen (secondary N) is 4. The van der Waals surface area contributed by atoms with Crippen molar-refractivity contribution in [2.45, 2.75) is 39.2 Å². The molecule has 2 amide bonds. The Labute approximate surface area is 198 Å². The smallest absolute Gasteiger partial charge is 0.239 e. The van der Waals surface area contributed by atoms with Crippen LogP contribution in [0.3, 0.4) is 0 Å². The number of para-hydroxylation sites is 1. The van der Waals surface area contributed by atoms with Crippen molar-refractivity contribution in [3.8, 4) is 11.1 Å². The van der Waals surface area contributed by atoms with Crippen molar-refractivity contribution in [3.63, 3.8) is 0 Å². The third-order valence-corrected chi connectivity index (χ3v) is 5.96. The first-order valence-corrected chi connectivity index (χ1v) is 11.7. The summed E-state index contributed by atoms with van der Waals surface area (Å²) in [5, 5.41) is 17.1. The Bertz CT molecular complexity index is 1150. The van der Waals surface area contributed by atoms with Crippen molar-refractivity contribution in [2.24, 2.45) is 5.92 Å². The van der Waals surface area contributed by atoms with Crippen molar-refractivity contribution in [2.75, 3.05) is 36.9 Å². The number of hydrogen-bond donors (Lipinski definition) is 4. The molecule has 0 atom stereocenters. The highest BCUT2D eigenvalue weighted by atomic mass is 16.2. The molecule has 1 aromatic carbocycles. The van der Waals surface area contributed by atoms with Crippen LogP contribution in [-0.2, 0) is 9.59 Å². The summed E-state index contributed by atoms with van der Waals surface area (Å²) in [6, 6.07) is 6.13. The van der Waals surface area contributed by atoms with Gasteiger partial charge in [-0.25, -0.2) is 4.98 Å². The Morgan fingerprint density at radius 3 is 2.68 bits per heavy atom. The lowest BCUT2D eigenvalue weighted by Crippen LogP contribution is -2.47. The van der Waals surface area contributed by atoms with Crippen molar-refractivity contribution in [3.05, 3.63) is 30.6 Å². The second-order valence-corrected chi connectivity index (χ2v) is 9.02. The highest BCUT2D eigenvalue weighted by Gasteiger charge is 2.25. The maximum absolute atomic E-state index is 12.3. The number of benzene rings is 1. The Morgan fingerprint density at radius 1 is 1.15 bits per heavy atom. The summed E-state index contributed by atoms with van der Waals surface area (Å²) in [6.45, 7) is 5.46. The largest absolute Gasteiger partial charge is 0.357 e. The predicted octanol–water partition coefficient (Wildman–Crippen LogP) is 2.31. The standard InChI is InChI=1S/C24H32N8O2/c1-15(2)11-20(33)26-14-21(34)29-17-7-9-32(10-8-17)23-19(13-27-24(25-3)30-23)18-6-4-5-16-12-28-31-22(16)18/h4-6,12-13,15,17H,7-11,14H2,1-3H3,(H,26,33)(H,28,31)(H,29,34)(H,25,27,30). The average Bonchev–Trinajstić information content (AvgIpc) is 3.32. The number of hydrogen-bond acceptors (Lipinski definition) is 7. The van der Waals surface area contributed by atoms with Crippen molar-refractivity contribution >= 4 is 34.5 Å². The maximum atomic E-state index is 12.3. The summed E-state index contributed by atoms with van der Waals surface area (Å²) in [5.74, 6) is 1.43. The van der Waals surface area contributed by atoms with Gasteiger partial charge in [0.15, 0.2) is 0 Å². The van der Waals surface area contributed by atoms with Gasteiger partial charge in [-0.3, -0.25) is 14.7 Å². The second-order valence-electron chi connectivity index (χ2n) is 9.02. The molecule has 0 saturated carbocycles. The minimum atomic E-state index is -0.151. The minimum Gasteiger partial charge on any atom is -0.357 e. The molecule has 0 aliphatic carbocycles. The van der Waals surface area contributed by atoms with Crippen molar-refractivity contribution in [1.82, 2.24) is 30.8 Å². The van der Waals surface area contributed by atoms with E-state index in [1.807, 2.05) is 38.2 Å². The van der Waals surface area contributed by atoms with Gasteiger partial charge in [-0.15, -0.1) is 0 Å². The number of fused-ring (bicyclic) bond motifs is 1. The van der Waals surface area contributed by atoms with E-state index >= 15 is 0 Å². The molecule has 2 aromatic heterocycles. The van der Waals surface area contributed by atoms with Gasteiger partial charge in [0.25, 0.3) is 0 Å². The summed E-state index contributed by atoms with van der Waals surface area (Å²) < 4.78 is 0. The summed E-state index contributed by atoms with van der Waals surface area (Å²) in [5.41, 5.74) is 2.88. The lowest BCUT2D eigenvalue weighted by molar-refractivity contribution is -0.126. The number of H-pyrrole nitrogens is 1. The van der Waals surface area contributed by atoms with Gasteiger partial charge in [0.1, 0.15) is 5.82 Å². The number of rotatable bonds is 8. The molecule has 0 spiro atoms. The molecular formula is C24H32N8O2. The van der Waals surface area contributed by atoms with Crippen LogP contribution < -0.4 is 20.9 Å². The molecule has 180 valence electrons. The Hall–Kier alpha value is -3.69.